The van der Waals surface area contributed by atoms with Gasteiger partial charge in [0.05, 0.1) is 8.10 Å². The van der Waals surface area contributed by atoms with Crippen LogP contribution in [0.1, 0.15) is 42.9 Å². The van der Waals surface area contributed by atoms with Crippen molar-refractivity contribution in [2.24, 2.45) is 0 Å². The van der Waals surface area contributed by atoms with E-state index in [2.05, 4.69) is 0 Å². The fraction of sp³-hybridized carbons (Fsp3) is 0.333. The average molecular weight is 393 g/mol. The molecule has 0 aliphatic carbocycles. The number of ether oxygens (including phenoxy) is 1. The molecule has 3 nitrogen and oxygen atoms in total. The number of halogens is 3. The van der Waals surface area contributed by atoms with Crippen molar-refractivity contribution in [2.75, 3.05) is 19.8 Å². The van der Waals surface area contributed by atoms with Crippen molar-refractivity contribution in [3.63, 3.8) is 0 Å². The summed E-state index contributed by atoms with van der Waals surface area (Å²) in [6, 6.07) is 9.21. The summed E-state index contributed by atoms with van der Waals surface area (Å²) in [5.41, 5.74) is 1.20. The van der Waals surface area contributed by atoms with E-state index in [0.717, 1.165) is 37.6 Å². The lowest BCUT2D eigenvalue weighted by Gasteiger charge is -2.33. The second kappa shape index (κ2) is 7.58. The van der Waals surface area contributed by atoms with E-state index in [1.807, 2.05) is 17.0 Å². The second-order valence-electron chi connectivity index (χ2n) is 6.85. The lowest BCUT2D eigenvalue weighted by Crippen LogP contribution is -2.33. The van der Waals surface area contributed by atoms with E-state index in [4.69, 9.17) is 17.7 Å². The van der Waals surface area contributed by atoms with Crippen molar-refractivity contribution in [3.8, 4) is 5.75 Å². The Morgan fingerprint density at radius 3 is 2.67 bits per heavy atom. The largest absolute Gasteiger partial charge is 0.478 e. The third-order valence-corrected chi connectivity index (χ3v) is 5.42. The molecule has 1 fully saturated rings. The molecule has 4 rings (SSSR count). The van der Waals surface area contributed by atoms with Crippen LogP contribution in [0.15, 0.2) is 42.2 Å². The monoisotopic (exact) mass is 392 g/mol. The van der Waals surface area contributed by atoms with Gasteiger partial charge in [-0.3, -0.25) is 4.90 Å². The Morgan fingerprint density at radius 1 is 1.19 bits per heavy atom. The first kappa shape index (κ1) is 17.2. The molecule has 6 heteroatoms. The summed E-state index contributed by atoms with van der Waals surface area (Å²) in [6.07, 6.45) is 0.565. The number of nitrogens with zero attached hydrogens (tertiary/aromatic N) is 1. The van der Waals surface area contributed by atoms with Crippen LogP contribution in [-0.4, -0.2) is 29.8 Å². The fourth-order valence-electron chi connectivity index (χ4n) is 3.72. The standard InChI is InChI=1S/C21H20ClF2NO2/c22-15-4-5-17(18(23)11-15)21-19(24)10-14-2-1-3-16(20(14)27-21)13-6-8-25(12-26)9-7-13/h1-5,10-11,13,21,26H,6-9,12H2/t21-/m0/s1/i21D. The highest BCUT2D eigenvalue weighted by molar-refractivity contribution is 6.30. The predicted octanol–water partition coefficient (Wildman–Crippen LogP) is 5.05. The molecule has 1 N–H and O–H groups in total. The Kier molecular flexibility index (Phi) is 4.82. The van der Waals surface area contributed by atoms with Gasteiger partial charge in [0, 0.05) is 29.2 Å². The second-order valence-corrected chi connectivity index (χ2v) is 7.28. The minimum absolute atomic E-state index is 0.0236. The normalized spacial score (nSPS) is 24.0. The number of aliphatic hydroxyl groups is 1. The van der Waals surface area contributed by atoms with E-state index in [1.165, 1.54) is 18.2 Å². The first-order valence-electron chi connectivity index (χ1n) is 9.40. The van der Waals surface area contributed by atoms with Gasteiger partial charge in [0.1, 0.15) is 17.4 Å². The number of benzene rings is 2. The summed E-state index contributed by atoms with van der Waals surface area (Å²) in [5.74, 6) is -1.10. The molecule has 0 spiro atoms. The summed E-state index contributed by atoms with van der Waals surface area (Å²) in [5, 5.41) is 9.46. The first-order valence-corrected chi connectivity index (χ1v) is 9.28. The molecule has 0 bridgehead atoms. The van der Waals surface area contributed by atoms with Gasteiger partial charge >= 0.3 is 0 Å². The zero-order valence-corrected chi connectivity index (χ0v) is 15.3. The van der Waals surface area contributed by atoms with Crippen molar-refractivity contribution >= 4 is 17.7 Å². The quantitative estimate of drug-likeness (QED) is 0.793. The van der Waals surface area contributed by atoms with Crippen LogP contribution in [-0.2, 0) is 0 Å². The molecule has 0 unspecified atom stereocenters. The summed E-state index contributed by atoms with van der Waals surface area (Å²) in [4.78, 5) is 1.95. The van der Waals surface area contributed by atoms with Gasteiger partial charge in [-0.05, 0) is 42.5 Å². The highest BCUT2D eigenvalue weighted by Crippen LogP contribution is 2.44. The van der Waals surface area contributed by atoms with E-state index in [0.29, 0.717) is 11.3 Å². The Labute approximate surface area is 163 Å². The number of likely N-dealkylation sites (tertiary alicyclic amines) is 1. The highest BCUT2D eigenvalue weighted by atomic mass is 35.5. The van der Waals surface area contributed by atoms with Crippen molar-refractivity contribution < 1.29 is 20.0 Å². The van der Waals surface area contributed by atoms with Gasteiger partial charge in [-0.15, -0.1) is 0 Å². The van der Waals surface area contributed by atoms with E-state index >= 15 is 0 Å². The number of hydrogen-bond acceptors (Lipinski definition) is 3. The number of hydrogen-bond donors (Lipinski definition) is 1. The molecule has 0 aromatic heterocycles. The summed E-state index contributed by atoms with van der Waals surface area (Å²) >= 11 is 5.80. The van der Waals surface area contributed by atoms with Crippen LogP contribution in [0.25, 0.3) is 6.08 Å². The number of fused-ring (bicyclic) bond motifs is 1. The molecule has 2 aliphatic heterocycles. The third-order valence-electron chi connectivity index (χ3n) is 5.18. The SMILES string of the molecule is [2H][C@@]1(c2ccc(Cl)cc2F)Oc2c(cccc2C2CCN(CO)CC2)C=C1F. The smallest absolute Gasteiger partial charge is 0.178 e. The summed E-state index contributed by atoms with van der Waals surface area (Å²) < 4.78 is 43.8. The summed E-state index contributed by atoms with van der Waals surface area (Å²) in [7, 11) is 0. The molecule has 27 heavy (non-hydrogen) atoms. The van der Waals surface area contributed by atoms with Crippen LogP contribution in [0.4, 0.5) is 8.78 Å². The van der Waals surface area contributed by atoms with Gasteiger partial charge in [-0.1, -0.05) is 35.9 Å². The lowest BCUT2D eigenvalue weighted by atomic mass is 9.87. The average Bonchev–Trinajstić information content (AvgIpc) is 2.68. The summed E-state index contributed by atoms with van der Waals surface area (Å²) in [6.45, 7) is 1.51. The van der Waals surface area contributed by atoms with Crippen LogP contribution in [0.2, 0.25) is 5.02 Å². The van der Waals surface area contributed by atoms with Gasteiger partial charge in [-0.2, -0.15) is 0 Å². The molecule has 2 heterocycles. The topological polar surface area (TPSA) is 32.7 Å². The molecule has 142 valence electrons. The molecule has 1 saturated heterocycles. The number of rotatable bonds is 3. The molecule has 2 aliphatic rings. The Hall–Kier alpha value is -1.95. The number of para-hydroxylation sites is 1. The zero-order valence-electron chi connectivity index (χ0n) is 15.6. The van der Waals surface area contributed by atoms with Gasteiger partial charge in [0.2, 0.25) is 0 Å². The highest BCUT2D eigenvalue weighted by Gasteiger charge is 2.31. The van der Waals surface area contributed by atoms with Crippen LogP contribution in [0.5, 0.6) is 5.75 Å². The maximum absolute atomic E-state index is 14.9. The van der Waals surface area contributed by atoms with E-state index < -0.39 is 17.7 Å². The first-order chi connectivity index (χ1) is 13.4. The molecule has 0 radical (unpaired) electrons. The van der Waals surface area contributed by atoms with E-state index in [-0.39, 0.29) is 23.2 Å². The van der Waals surface area contributed by atoms with Crippen molar-refractivity contribution in [1.82, 2.24) is 4.90 Å². The Balaban J connectivity index is 1.73. The molecule has 2 aromatic rings. The Bertz CT molecular complexity index is 931. The molecular weight excluding hydrogens is 372 g/mol. The zero-order chi connectivity index (χ0) is 19.9. The van der Waals surface area contributed by atoms with Crippen LogP contribution in [0, 0.1) is 5.82 Å². The van der Waals surface area contributed by atoms with Gasteiger partial charge in [0.15, 0.2) is 6.08 Å². The molecule has 0 amide bonds. The Morgan fingerprint density at radius 2 is 1.96 bits per heavy atom. The lowest BCUT2D eigenvalue weighted by molar-refractivity contribution is 0.0830. The molecule has 0 saturated carbocycles. The minimum Gasteiger partial charge on any atom is -0.478 e. The van der Waals surface area contributed by atoms with Gasteiger partial charge in [-0.25, -0.2) is 8.78 Å². The van der Waals surface area contributed by atoms with E-state index in [9.17, 15) is 13.9 Å². The van der Waals surface area contributed by atoms with Gasteiger partial charge < -0.3 is 9.84 Å². The minimum atomic E-state index is -2.30. The maximum atomic E-state index is 14.9. The number of piperidine rings is 1. The predicted molar refractivity (Wildman–Crippen MR) is 101 cm³/mol. The van der Waals surface area contributed by atoms with Crippen molar-refractivity contribution in [1.29, 1.82) is 0 Å². The van der Waals surface area contributed by atoms with Gasteiger partial charge in [0.25, 0.3) is 0 Å². The molecule has 2 aromatic carbocycles. The van der Waals surface area contributed by atoms with E-state index in [1.54, 1.807) is 6.07 Å². The number of aliphatic hydroxyl groups excluding tert-OH is 1. The van der Waals surface area contributed by atoms with Crippen molar-refractivity contribution in [3.05, 3.63) is 69.8 Å². The fourth-order valence-corrected chi connectivity index (χ4v) is 3.88. The maximum Gasteiger partial charge on any atom is 0.178 e. The van der Waals surface area contributed by atoms with Crippen LogP contribution < -0.4 is 4.74 Å². The molecule has 1 atom stereocenters. The van der Waals surface area contributed by atoms with Crippen LogP contribution in [0.3, 0.4) is 0 Å². The van der Waals surface area contributed by atoms with Crippen LogP contribution >= 0.6 is 11.6 Å². The molecular formula is C21H20ClF2NO2. The van der Waals surface area contributed by atoms with Crippen molar-refractivity contribution in [2.45, 2.75) is 24.8 Å². The third kappa shape index (κ3) is 3.59.